The van der Waals surface area contributed by atoms with Crippen molar-refractivity contribution in [3.8, 4) is 0 Å². The Hall–Kier alpha value is -3.49. The van der Waals surface area contributed by atoms with E-state index in [9.17, 15) is 27.9 Å². The highest BCUT2D eigenvalue weighted by Crippen LogP contribution is 2.34. The van der Waals surface area contributed by atoms with Gasteiger partial charge in [-0.25, -0.2) is 10.4 Å². The molecule has 44 heavy (non-hydrogen) atoms. The average molecular weight is 619 g/mol. The van der Waals surface area contributed by atoms with Crippen LogP contribution in [-0.4, -0.2) is 78.0 Å². The van der Waals surface area contributed by atoms with Crippen LogP contribution >= 0.6 is 0 Å². The van der Waals surface area contributed by atoms with Crippen molar-refractivity contribution in [2.75, 3.05) is 33.4 Å². The number of likely N-dealkylation sites (N-methyl/N-ethyl adjacent to an activating group) is 1. The number of aliphatic hydroxyl groups excluding tert-OH is 1. The van der Waals surface area contributed by atoms with Crippen molar-refractivity contribution < 1.29 is 32.6 Å². The number of methoxy groups -OCH3 is 1. The molecule has 0 radical (unpaired) electrons. The molecule has 2 aliphatic rings. The molecule has 6 N–H and O–H groups in total. The Bertz CT molecular complexity index is 1310. The molecule has 10 nitrogen and oxygen atoms in total. The summed E-state index contributed by atoms with van der Waals surface area (Å²) in [7, 11) is 1.61. The maximum Gasteiger partial charge on any atom is 0.416 e. The van der Waals surface area contributed by atoms with E-state index in [1.54, 1.807) is 18.2 Å². The average Bonchev–Trinajstić information content (AvgIpc) is 3.61. The smallest absolute Gasteiger partial charge is 0.391 e. The molecular weight excluding hydrogens is 577 g/mol. The van der Waals surface area contributed by atoms with E-state index < -0.39 is 41.1 Å². The van der Waals surface area contributed by atoms with E-state index >= 15 is 0 Å². The number of hydrazine groups is 2. The Morgan fingerprint density at radius 2 is 1.91 bits per heavy atom. The van der Waals surface area contributed by atoms with Crippen molar-refractivity contribution in [1.82, 2.24) is 26.2 Å². The van der Waals surface area contributed by atoms with Crippen LogP contribution < -0.4 is 21.9 Å². The summed E-state index contributed by atoms with van der Waals surface area (Å²) in [5.41, 5.74) is 11.1. The summed E-state index contributed by atoms with van der Waals surface area (Å²) in [6, 6.07) is 14.2. The molecule has 2 aliphatic heterocycles. The number of primary amides is 1. The van der Waals surface area contributed by atoms with Gasteiger partial charge < -0.3 is 25.9 Å². The van der Waals surface area contributed by atoms with Crippen molar-refractivity contribution >= 4 is 11.8 Å². The predicted octanol–water partition coefficient (Wildman–Crippen LogP) is 2.10. The van der Waals surface area contributed by atoms with Gasteiger partial charge in [0, 0.05) is 39.2 Å². The van der Waals surface area contributed by atoms with E-state index in [1.807, 2.05) is 42.3 Å². The first-order chi connectivity index (χ1) is 21.0. The summed E-state index contributed by atoms with van der Waals surface area (Å²) in [6.45, 7) is 3.24. The number of nitrogens with two attached hydrogens (primary N) is 1. The van der Waals surface area contributed by atoms with Crippen LogP contribution in [0.1, 0.15) is 36.5 Å². The highest BCUT2D eigenvalue weighted by atomic mass is 19.4. The van der Waals surface area contributed by atoms with E-state index in [-0.39, 0.29) is 31.2 Å². The molecule has 2 aromatic rings. The van der Waals surface area contributed by atoms with Crippen molar-refractivity contribution in [1.29, 1.82) is 0 Å². The van der Waals surface area contributed by atoms with E-state index in [0.717, 1.165) is 30.5 Å². The lowest BCUT2D eigenvalue weighted by Crippen LogP contribution is -2.63. The Morgan fingerprint density at radius 3 is 2.57 bits per heavy atom. The van der Waals surface area contributed by atoms with Gasteiger partial charge in [-0.3, -0.25) is 15.0 Å². The molecule has 0 saturated carbocycles. The third kappa shape index (κ3) is 7.77. The lowest BCUT2D eigenvalue weighted by atomic mass is 9.76. The summed E-state index contributed by atoms with van der Waals surface area (Å²) in [5, 5.41) is 18.0. The number of ether oxygens (including phenoxy) is 1. The molecule has 4 rings (SSSR count). The van der Waals surface area contributed by atoms with Crippen LogP contribution in [0, 0.1) is 5.92 Å². The van der Waals surface area contributed by atoms with E-state index in [0.29, 0.717) is 25.3 Å². The van der Waals surface area contributed by atoms with Gasteiger partial charge in [-0.1, -0.05) is 48.5 Å². The number of hydrogen-bond donors (Lipinski definition) is 5. The van der Waals surface area contributed by atoms with E-state index in [1.165, 1.54) is 12.1 Å². The van der Waals surface area contributed by atoms with Gasteiger partial charge in [0.25, 0.3) is 5.91 Å². The van der Waals surface area contributed by atoms with Gasteiger partial charge in [-0.15, -0.1) is 0 Å². The standard InChI is InChI=1S/C31H41F3N6O4/c1-3-39-26(28(42)37-40-14-8-13-24(40)20-44-2)17-30(38-39,29(35)43)25(16-21-9-5-4-6-10-21)27(41)19-36-18-22-11-7-12-23(15-22)31(32,33)34/h4-7,9-12,15,17,24-25,27,36,38,41H,3,8,13-14,16,18-20H2,1-2H3,(H2,35,43)(H,37,42)/t24?,25-,27+,30?/m1/s1. The van der Waals surface area contributed by atoms with Gasteiger partial charge in [0.15, 0.2) is 0 Å². The summed E-state index contributed by atoms with van der Waals surface area (Å²) >= 11 is 0. The molecule has 1 fully saturated rings. The van der Waals surface area contributed by atoms with E-state index in [4.69, 9.17) is 10.5 Å². The minimum atomic E-state index is -4.47. The number of benzene rings is 2. The fourth-order valence-corrected chi connectivity index (χ4v) is 5.91. The number of carbonyl (C=O) groups excluding carboxylic acids is 2. The van der Waals surface area contributed by atoms with Crippen LogP contribution in [0.2, 0.25) is 0 Å². The Balaban J connectivity index is 1.59. The number of nitrogens with one attached hydrogen (secondary N) is 3. The largest absolute Gasteiger partial charge is 0.416 e. The fraction of sp³-hybridized carbons (Fsp3) is 0.484. The Morgan fingerprint density at radius 1 is 1.18 bits per heavy atom. The van der Waals surface area contributed by atoms with Crippen LogP contribution in [0.25, 0.3) is 0 Å². The first kappa shape index (κ1) is 33.4. The molecule has 1 saturated heterocycles. The zero-order valence-electron chi connectivity index (χ0n) is 24.9. The second-order valence-electron chi connectivity index (χ2n) is 11.2. The van der Waals surface area contributed by atoms with Gasteiger partial charge in [0.05, 0.1) is 24.3 Å². The normalized spacial score (nSPS) is 22.1. The Kier molecular flexibility index (Phi) is 11.0. The summed E-state index contributed by atoms with van der Waals surface area (Å²) in [5.74, 6) is -2.07. The minimum absolute atomic E-state index is 0.0189. The molecular formula is C31H41F3N6O4. The zero-order valence-corrected chi connectivity index (χ0v) is 24.9. The van der Waals surface area contributed by atoms with Gasteiger partial charge in [0.2, 0.25) is 5.91 Å². The second kappa shape index (κ2) is 14.5. The first-order valence-corrected chi connectivity index (χ1v) is 14.7. The molecule has 4 atom stereocenters. The molecule has 0 spiro atoms. The molecule has 2 heterocycles. The summed E-state index contributed by atoms with van der Waals surface area (Å²) in [4.78, 5) is 26.8. The lowest BCUT2D eigenvalue weighted by molar-refractivity contribution is -0.137. The molecule has 2 aromatic carbocycles. The number of nitrogens with zero attached hydrogens (tertiary/aromatic N) is 2. The second-order valence-corrected chi connectivity index (χ2v) is 11.2. The van der Waals surface area contributed by atoms with E-state index in [2.05, 4.69) is 16.2 Å². The van der Waals surface area contributed by atoms with Gasteiger partial charge in [-0.05, 0) is 49.5 Å². The molecule has 0 aliphatic carbocycles. The maximum absolute atomic E-state index is 13.6. The maximum atomic E-state index is 13.6. The van der Waals surface area contributed by atoms with Crippen LogP contribution in [0.4, 0.5) is 13.2 Å². The highest BCUT2D eigenvalue weighted by Gasteiger charge is 2.52. The van der Waals surface area contributed by atoms with Gasteiger partial charge in [0.1, 0.15) is 11.2 Å². The number of hydrogen-bond acceptors (Lipinski definition) is 8. The monoisotopic (exact) mass is 618 g/mol. The topological polar surface area (TPSA) is 132 Å². The van der Waals surface area contributed by atoms with Crippen molar-refractivity contribution in [2.24, 2.45) is 11.7 Å². The van der Waals surface area contributed by atoms with Crippen LogP contribution in [0.15, 0.2) is 66.4 Å². The van der Waals surface area contributed by atoms with Gasteiger partial charge in [-0.2, -0.15) is 13.2 Å². The lowest BCUT2D eigenvalue weighted by Gasteiger charge is -2.38. The van der Waals surface area contributed by atoms with Crippen molar-refractivity contribution in [2.45, 2.75) is 56.6 Å². The number of halogens is 3. The zero-order chi connectivity index (χ0) is 31.9. The number of rotatable bonds is 14. The number of aliphatic hydroxyl groups is 1. The molecule has 0 aromatic heterocycles. The highest BCUT2D eigenvalue weighted by molar-refractivity contribution is 5.97. The third-order valence-corrected chi connectivity index (χ3v) is 8.20. The van der Waals surface area contributed by atoms with Gasteiger partial charge >= 0.3 is 6.18 Å². The van der Waals surface area contributed by atoms with Crippen LogP contribution in [-0.2, 0) is 33.5 Å². The quantitative estimate of drug-likeness (QED) is 0.218. The molecule has 2 amide bonds. The third-order valence-electron chi connectivity index (χ3n) is 8.20. The molecule has 0 bridgehead atoms. The van der Waals surface area contributed by atoms with Crippen molar-refractivity contribution in [3.05, 3.63) is 83.1 Å². The molecule has 13 heteroatoms. The van der Waals surface area contributed by atoms with Crippen LogP contribution in [0.5, 0.6) is 0 Å². The molecule has 240 valence electrons. The SMILES string of the molecule is CCN1NC(C(N)=O)([C@H](Cc2ccccc2)[C@@H](O)CNCc2cccc(C(F)(F)F)c2)C=C1C(=O)NN1CCCC1COC. The van der Waals surface area contributed by atoms with Crippen molar-refractivity contribution in [3.63, 3.8) is 0 Å². The van der Waals surface area contributed by atoms with Crippen LogP contribution in [0.3, 0.4) is 0 Å². The minimum Gasteiger partial charge on any atom is -0.391 e. The fourth-order valence-electron chi connectivity index (χ4n) is 5.91. The first-order valence-electron chi connectivity index (χ1n) is 14.7. The number of alkyl halides is 3. The molecule has 2 unspecified atom stereocenters. The number of amides is 2. The number of carbonyl (C=O) groups is 2. The summed E-state index contributed by atoms with van der Waals surface area (Å²) in [6.07, 6.45) is -2.20. The predicted molar refractivity (Wildman–Crippen MR) is 158 cm³/mol. The Labute approximate surface area is 255 Å². The summed E-state index contributed by atoms with van der Waals surface area (Å²) < 4.78 is 44.8.